The Morgan fingerprint density at radius 1 is 1.22 bits per heavy atom. The van der Waals surface area contributed by atoms with E-state index in [9.17, 15) is 9.59 Å². The summed E-state index contributed by atoms with van der Waals surface area (Å²) in [5.41, 5.74) is 2.53. The van der Waals surface area contributed by atoms with Gasteiger partial charge in [0.05, 0.1) is 5.69 Å². The van der Waals surface area contributed by atoms with E-state index in [-0.39, 0.29) is 16.9 Å². The van der Waals surface area contributed by atoms with E-state index in [0.29, 0.717) is 29.6 Å². The summed E-state index contributed by atoms with van der Waals surface area (Å²) in [4.78, 5) is 35.1. The Morgan fingerprint density at radius 3 is 2.70 bits per heavy atom. The van der Waals surface area contributed by atoms with Gasteiger partial charge in [-0.15, -0.1) is 0 Å². The molecule has 5 nitrogen and oxygen atoms in total. The number of aromatic amines is 1. The smallest absolute Gasteiger partial charge is 0.254 e. The number of likely N-dealkylation sites (tertiary alicyclic amines) is 1. The fourth-order valence-corrected chi connectivity index (χ4v) is 4.84. The predicted octanol–water partition coefficient (Wildman–Crippen LogP) is 3.42. The highest BCUT2D eigenvalue weighted by Gasteiger charge is 2.45. The summed E-state index contributed by atoms with van der Waals surface area (Å²) in [6.07, 6.45) is 5.74. The molecular formula is C21H22ClN3O2. The highest BCUT2D eigenvalue weighted by Crippen LogP contribution is 2.46. The zero-order chi connectivity index (χ0) is 18.6. The third-order valence-corrected chi connectivity index (χ3v) is 6.67. The van der Waals surface area contributed by atoms with E-state index in [1.54, 1.807) is 12.1 Å². The van der Waals surface area contributed by atoms with Crippen molar-refractivity contribution in [3.8, 4) is 0 Å². The molecule has 0 radical (unpaired) electrons. The van der Waals surface area contributed by atoms with Gasteiger partial charge in [0.1, 0.15) is 5.82 Å². The van der Waals surface area contributed by atoms with Crippen molar-refractivity contribution in [1.29, 1.82) is 0 Å². The standard InChI is InChI=1S/C21H22ClN3O2/c22-15-3-1-2-14(12-15)20(27)25-10-8-21(9-11-25)7-6-16-17(21)23-18(13-4-5-13)24-19(16)26/h1-3,12-13H,4-11H2,(H,23,24,26). The van der Waals surface area contributed by atoms with Crippen molar-refractivity contribution in [3.05, 3.63) is 62.3 Å². The summed E-state index contributed by atoms with van der Waals surface area (Å²) in [5.74, 6) is 1.34. The number of hydrogen-bond acceptors (Lipinski definition) is 3. The van der Waals surface area contributed by atoms with Gasteiger partial charge in [-0.05, 0) is 56.7 Å². The number of aromatic nitrogens is 2. The van der Waals surface area contributed by atoms with E-state index < -0.39 is 0 Å². The van der Waals surface area contributed by atoms with Crippen molar-refractivity contribution >= 4 is 17.5 Å². The number of fused-ring (bicyclic) bond motifs is 2. The predicted molar refractivity (Wildman–Crippen MR) is 103 cm³/mol. The van der Waals surface area contributed by atoms with E-state index in [2.05, 4.69) is 4.98 Å². The summed E-state index contributed by atoms with van der Waals surface area (Å²) >= 11 is 6.03. The molecule has 2 heterocycles. The third kappa shape index (κ3) is 2.89. The van der Waals surface area contributed by atoms with Crippen molar-refractivity contribution in [2.45, 2.75) is 49.9 Å². The maximum Gasteiger partial charge on any atom is 0.254 e. The Balaban J connectivity index is 1.38. The molecular weight excluding hydrogens is 362 g/mol. The van der Waals surface area contributed by atoms with Crippen LogP contribution in [0.4, 0.5) is 0 Å². The molecule has 2 aromatic rings. The normalized spacial score (nSPS) is 20.7. The van der Waals surface area contributed by atoms with Gasteiger partial charge in [0.25, 0.3) is 11.5 Å². The van der Waals surface area contributed by atoms with Gasteiger partial charge >= 0.3 is 0 Å². The molecule has 27 heavy (non-hydrogen) atoms. The van der Waals surface area contributed by atoms with Crippen LogP contribution in [0.3, 0.4) is 0 Å². The van der Waals surface area contributed by atoms with E-state index in [1.165, 1.54) is 0 Å². The van der Waals surface area contributed by atoms with Gasteiger partial charge in [-0.3, -0.25) is 9.59 Å². The summed E-state index contributed by atoms with van der Waals surface area (Å²) in [6, 6.07) is 7.12. The van der Waals surface area contributed by atoms with Crippen molar-refractivity contribution < 1.29 is 4.79 Å². The molecule has 1 aliphatic heterocycles. The molecule has 2 fully saturated rings. The van der Waals surface area contributed by atoms with Crippen molar-refractivity contribution in [3.63, 3.8) is 0 Å². The minimum atomic E-state index is -0.0433. The van der Waals surface area contributed by atoms with Crippen LogP contribution in [-0.2, 0) is 11.8 Å². The van der Waals surface area contributed by atoms with Crippen LogP contribution in [0, 0.1) is 0 Å². The van der Waals surface area contributed by atoms with Gasteiger partial charge in [0.15, 0.2) is 0 Å². The van der Waals surface area contributed by atoms with Crippen LogP contribution in [-0.4, -0.2) is 33.9 Å². The van der Waals surface area contributed by atoms with Crippen molar-refractivity contribution in [2.75, 3.05) is 13.1 Å². The van der Waals surface area contributed by atoms with Crippen molar-refractivity contribution in [2.24, 2.45) is 0 Å². The third-order valence-electron chi connectivity index (χ3n) is 6.43. The molecule has 3 aliphatic rings. The quantitative estimate of drug-likeness (QED) is 0.864. The van der Waals surface area contributed by atoms with E-state index in [1.807, 2.05) is 17.0 Å². The second kappa shape index (κ2) is 6.20. The van der Waals surface area contributed by atoms with Crippen LogP contribution < -0.4 is 5.56 Å². The maximum atomic E-state index is 12.8. The summed E-state index contributed by atoms with van der Waals surface area (Å²) < 4.78 is 0. The Morgan fingerprint density at radius 2 is 2.00 bits per heavy atom. The Kier molecular flexibility index (Phi) is 3.90. The van der Waals surface area contributed by atoms with Crippen LogP contribution in [0.1, 0.15) is 65.5 Å². The maximum absolute atomic E-state index is 12.8. The molecule has 5 rings (SSSR count). The van der Waals surface area contributed by atoms with Gasteiger partial charge in [-0.25, -0.2) is 4.98 Å². The minimum absolute atomic E-state index is 0.0307. The average Bonchev–Trinajstić information content (AvgIpc) is 3.47. The molecule has 1 aromatic heterocycles. The Labute approximate surface area is 162 Å². The molecule has 1 amide bonds. The summed E-state index contributed by atoms with van der Waals surface area (Å²) in [6.45, 7) is 1.38. The van der Waals surface area contributed by atoms with E-state index >= 15 is 0 Å². The number of amides is 1. The number of halogens is 1. The Hall–Kier alpha value is -2.14. The zero-order valence-electron chi connectivity index (χ0n) is 15.1. The topological polar surface area (TPSA) is 66.1 Å². The number of hydrogen-bond donors (Lipinski definition) is 1. The molecule has 140 valence electrons. The first kappa shape index (κ1) is 17.0. The number of carbonyl (C=O) groups is 1. The molecule has 2 aliphatic carbocycles. The summed E-state index contributed by atoms with van der Waals surface area (Å²) in [5, 5.41) is 0.579. The Bertz CT molecular complexity index is 972. The van der Waals surface area contributed by atoms with Crippen LogP contribution in [0.2, 0.25) is 5.02 Å². The van der Waals surface area contributed by atoms with Gasteiger partial charge in [-0.1, -0.05) is 17.7 Å². The fourth-order valence-electron chi connectivity index (χ4n) is 4.65. The SMILES string of the molecule is O=C(c1cccc(Cl)c1)N1CCC2(CCc3c2nc(C2CC2)[nH]c3=O)CC1. The minimum Gasteiger partial charge on any atom is -0.339 e. The molecule has 1 N–H and O–H groups in total. The monoisotopic (exact) mass is 383 g/mol. The first-order valence-corrected chi connectivity index (χ1v) is 10.1. The lowest BCUT2D eigenvalue weighted by atomic mass is 9.76. The van der Waals surface area contributed by atoms with Crippen LogP contribution >= 0.6 is 11.6 Å². The molecule has 0 unspecified atom stereocenters. The van der Waals surface area contributed by atoms with Crippen LogP contribution in [0.5, 0.6) is 0 Å². The lowest BCUT2D eigenvalue weighted by molar-refractivity contribution is 0.0663. The number of rotatable bonds is 2. The van der Waals surface area contributed by atoms with Gasteiger partial charge in [0.2, 0.25) is 0 Å². The molecule has 6 heteroatoms. The number of H-pyrrole nitrogens is 1. The number of benzene rings is 1. The van der Waals surface area contributed by atoms with Gasteiger partial charge in [0, 0.05) is 40.6 Å². The van der Waals surface area contributed by atoms with Gasteiger partial charge in [-0.2, -0.15) is 0 Å². The largest absolute Gasteiger partial charge is 0.339 e. The first-order valence-electron chi connectivity index (χ1n) is 9.74. The zero-order valence-corrected chi connectivity index (χ0v) is 15.9. The van der Waals surface area contributed by atoms with Gasteiger partial charge < -0.3 is 9.88 Å². The molecule has 1 saturated heterocycles. The highest BCUT2D eigenvalue weighted by atomic mass is 35.5. The molecule has 1 aromatic carbocycles. The molecule has 0 bridgehead atoms. The van der Waals surface area contributed by atoms with Crippen LogP contribution in [0.15, 0.2) is 29.1 Å². The number of carbonyl (C=O) groups excluding carboxylic acids is 1. The molecule has 1 saturated carbocycles. The second-order valence-electron chi connectivity index (χ2n) is 8.14. The van der Waals surface area contributed by atoms with Crippen LogP contribution in [0.25, 0.3) is 0 Å². The fraction of sp³-hybridized carbons (Fsp3) is 0.476. The van der Waals surface area contributed by atoms with E-state index in [0.717, 1.165) is 55.6 Å². The number of nitrogens with one attached hydrogen (secondary N) is 1. The lowest BCUT2D eigenvalue weighted by Gasteiger charge is -2.39. The second-order valence-corrected chi connectivity index (χ2v) is 8.57. The first-order chi connectivity index (χ1) is 13.1. The van der Waals surface area contributed by atoms with E-state index in [4.69, 9.17) is 16.6 Å². The van der Waals surface area contributed by atoms with Crippen molar-refractivity contribution in [1.82, 2.24) is 14.9 Å². The average molecular weight is 384 g/mol. The molecule has 1 spiro atoms. The summed E-state index contributed by atoms with van der Waals surface area (Å²) in [7, 11) is 0. The highest BCUT2D eigenvalue weighted by molar-refractivity contribution is 6.30. The lowest BCUT2D eigenvalue weighted by Crippen LogP contribution is -2.45. The molecule has 0 atom stereocenters. The number of piperidine rings is 1. The number of nitrogens with zero attached hydrogens (tertiary/aromatic N) is 2.